The number of nitrogens with zero attached hydrogens (tertiary/aromatic N) is 1. The molecule has 0 fully saturated rings. The van der Waals surface area contributed by atoms with Crippen molar-refractivity contribution in [2.75, 3.05) is 13.1 Å². The Hall–Kier alpha value is -2.12. The molecule has 0 radical (unpaired) electrons. The van der Waals surface area contributed by atoms with Gasteiger partial charge in [0.05, 0.1) is 4.90 Å². The maximum atomic E-state index is 12.3. The Bertz CT molecular complexity index is 795. The Labute approximate surface area is 149 Å². The van der Waals surface area contributed by atoms with Crippen LogP contribution in [0.25, 0.3) is 0 Å². The lowest BCUT2D eigenvalue weighted by molar-refractivity contribution is -0.128. The van der Waals surface area contributed by atoms with E-state index in [1.54, 1.807) is 24.3 Å². The fourth-order valence-electron chi connectivity index (χ4n) is 2.34. The van der Waals surface area contributed by atoms with Crippen LogP contribution in [-0.4, -0.2) is 32.0 Å². The van der Waals surface area contributed by atoms with E-state index in [1.165, 1.54) is 0 Å². The zero-order valence-corrected chi connectivity index (χ0v) is 15.6. The standard InChI is InChI=1S/C18H25N3O3S/c1-15-7-9-16(10-8-15)25(23,24)20-12-6-11-19-17(22)18(2,3)21-13-4-5-14-21/h4-5,7-10,13-14,20H,6,11-12H2,1-3H3,(H,19,22). The van der Waals surface area contributed by atoms with E-state index in [4.69, 9.17) is 0 Å². The maximum absolute atomic E-state index is 12.3. The molecule has 2 rings (SSSR count). The molecule has 0 spiro atoms. The van der Waals surface area contributed by atoms with Crippen LogP contribution in [0.1, 0.15) is 25.8 Å². The molecule has 2 aromatic rings. The first-order valence-corrected chi connectivity index (χ1v) is 9.70. The summed E-state index contributed by atoms with van der Waals surface area (Å²) in [5.74, 6) is -0.106. The number of hydrogen-bond acceptors (Lipinski definition) is 3. The number of sulfonamides is 1. The molecule has 0 unspecified atom stereocenters. The summed E-state index contributed by atoms with van der Waals surface area (Å²) in [7, 11) is -3.51. The lowest BCUT2D eigenvalue weighted by Crippen LogP contribution is -2.44. The van der Waals surface area contributed by atoms with Gasteiger partial charge < -0.3 is 9.88 Å². The second-order valence-corrected chi connectivity index (χ2v) is 8.24. The molecule has 136 valence electrons. The molecule has 7 heteroatoms. The van der Waals surface area contributed by atoms with Gasteiger partial charge >= 0.3 is 0 Å². The fraction of sp³-hybridized carbons (Fsp3) is 0.389. The molecule has 1 aromatic heterocycles. The second kappa shape index (κ2) is 7.84. The quantitative estimate of drug-likeness (QED) is 0.704. The Morgan fingerprint density at radius 2 is 1.68 bits per heavy atom. The van der Waals surface area contributed by atoms with Gasteiger partial charge in [0, 0.05) is 25.5 Å². The predicted octanol–water partition coefficient (Wildman–Crippen LogP) is 2.02. The van der Waals surface area contributed by atoms with Crippen LogP contribution < -0.4 is 10.0 Å². The summed E-state index contributed by atoms with van der Waals surface area (Å²) >= 11 is 0. The maximum Gasteiger partial charge on any atom is 0.245 e. The van der Waals surface area contributed by atoms with Crippen molar-refractivity contribution >= 4 is 15.9 Å². The van der Waals surface area contributed by atoms with Crippen molar-refractivity contribution in [3.63, 3.8) is 0 Å². The molecule has 0 atom stereocenters. The molecule has 0 aliphatic rings. The summed E-state index contributed by atoms with van der Waals surface area (Å²) < 4.78 is 28.7. The van der Waals surface area contributed by atoms with E-state index in [2.05, 4.69) is 10.0 Å². The van der Waals surface area contributed by atoms with E-state index in [0.29, 0.717) is 13.0 Å². The van der Waals surface area contributed by atoms with Gasteiger partial charge in [-0.25, -0.2) is 13.1 Å². The number of aromatic nitrogens is 1. The minimum atomic E-state index is -3.51. The minimum absolute atomic E-state index is 0.106. The Kier molecular flexibility index (Phi) is 6.02. The molecule has 0 bridgehead atoms. The van der Waals surface area contributed by atoms with Crippen LogP contribution >= 0.6 is 0 Å². The van der Waals surface area contributed by atoms with Gasteiger partial charge in [0.15, 0.2) is 0 Å². The molecular formula is C18H25N3O3S. The van der Waals surface area contributed by atoms with Crippen molar-refractivity contribution in [3.05, 3.63) is 54.4 Å². The smallest absolute Gasteiger partial charge is 0.245 e. The van der Waals surface area contributed by atoms with E-state index in [1.807, 2.05) is 49.9 Å². The molecular weight excluding hydrogens is 338 g/mol. The third kappa shape index (κ3) is 4.93. The molecule has 0 aliphatic carbocycles. The first-order chi connectivity index (χ1) is 11.7. The lowest BCUT2D eigenvalue weighted by Gasteiger charge is -2.25. The monoisotopic (exact) mass is 363 g/mol. The van der Waals surface area contributed by atoms with Gasteiger partial charge in [0.2, 0.25) is 15.9 Å². The van der Waals surface area contributed by atoms with Crippen LogP contribution in [0, 0.1) is 6.92 Å². The van der Waals surface area contributed by atoms with Crippen LogP contribution in [0.3, 0.4) is 0 Å². The third-order valence-corrected chi connectivity index (χ3v) is 5.55. The van der Waals surface area contributed by atoms with Gasteiger partial charge in [-0.15, -0.1) is 0 Å². The molecule has 0 aliphatic heterocycles. The summed E-state index contributed by atoms with van der Waals surface area (Å²) in [5, 5.41) is 2.85. The number of aryl methyl sites for hydroxylation is 1. The molecule has 25 heavy (non-hydrogen) atoms. The number of carbonyl (C=O) groups excluding carboxylic acids is 1. The van der Waals surface area contributed by atoms with E-state index < -0.39 is 15.6 Å². The highest BCUT2D eigenvalue weighted by atomic mass is 32.2. The number of nitrogens with one attached hydrogen (secondary N) is 2. The van der Waals surface area contributed by atoms with Gasteiger partial charge in [-0.05, 0) is 51.5 Å². The first-order valence-electron chi connectivity index (χ1n) is 8.21. The highest BCUT2D eigenvalue weighted by Gasteiger charge is 2.28. The van der Waals surface area contributed by atoms with E-state index >= 15 is 0 Å². The number of rotatable bonds is 8. The van der Waals surface area contributed by atoms with Gasteiger partial charge in [0.25, 0.3) is 0 Å². The van der Waals surface area contributed by atoms with Crippen LogP contribution in [0.2, 0.25) is 0 Å². The van der Waals surface area contributed by atoms with Crippen LogP contribution in [0.15, 0.2) is 53.7 Å². The van der Waals surface area contributed by atoms with Crippen LogP contribution in [-0.2, 0) is 20.4 Å². The predicted molar refractivity (Wildman–Crippen MR) is 97.7 cm³/mol. The second-order valence-electron chi connectivity index (χ2n) is 6.47. The summed E-state index contributed by atoms with van der Waals surface area (Å²) in [5.41, 5.74) is 0.317. The molecule has 0 saturated carbocycles. The minimum Gasteiger partial charge on any atom is -0.354 e. The summed E-state index contributed by atoms with van der Waals surface area (Å²) in [6.07, 6.45) is 4.20. The topological polar surface area (TPSA) is 80.2 Å². The van der Waals surface area contributed by atoms with Crippen molar-refractivity contribution in [3.8, 4) is 0 Å². The van der Waals surface area contributed by atoms with Gasteiger partial charge in [-0.3, -0.25) is 4.79 Å². The summed E-state index contributed by atoms with van der Waals surface area (Å²) in [4.78, 5) is 12.6. The van der Waals surface area contributed by atoms with Crippen molar-refractivity contribution in [1.82, 2.24) is 14.6 Å². The number of amides is 1. The van der Waals surface area contributed by atoms with Crippen molar-refractivity contribution in [2.24, 2.45) is 0 Å². The highest BCUT2D eigenvalue weighted by molar-refractivity contribution is 7.89. The zero-order valence-electron chi connectivity index (χ0n) is 14.8. The molecule has 1 aromatic carbocycles. The van der Waals surface area contributed by atoms with Crippen molar-refractivity contribution in [1.29, 1.82) is 0 Å². The van der Waals surface area contributed by atoms with E-state index in [9.17, 15) is 13.2 Å². The zero-order chi connectivity index (χ0) is 18.5. The van der Waals surface area contributed by atoms with Crippen LogP contribution in [0.5, 0.6) is 0 Å². The highest BCUT2D eigenvalue weighted by Crippen LogP contribution is 2.15. The largest absolute Gasteiger partial charge is 0.354 e. The normalized spacial score (nSPS) is 12.1. The molecule has 6 nitrogen and oxygen atoms in total. The van der Waals surface area contributed by atoms with Gasteiger partial charge in [0.1, 0.15) is 5.54 Å². The van der Waals surface area contributed by atoms with Gasteiger partial charge in [-0.2, -0.15) is 0 Å². The summed E-state index contributed by atoms with van der Waals surface area (Å²) in [6.45, 7) is 6.24. The Morgan fingerprint density at radius 3 is 2.28 bits per heavy atom. The molecule has 0 saturated heterocycles. The average Bonchev–Trinajstić information content (AvgIpc) is 3.10. The van der Waals surface area contributed by atoms with Gasteiger partial charge in [-0.1, -0.05) is 17.7 Å². The van der Waals surface area contributed by atoms with E-state index in [-0.39, 0.29) is 17.3 Å². The number of carbonyl (C=O) groups is 1. The lowest BCUT2D eigenvalue weighted by atomic mass is 10.0. The van der Waals surface area contributed by atoms with Crippen molar-refractivity contribution < 1.29 is 13.2 Å². The summed E-state index contributed by atoms with van der Waals surface area (Å²) in [6, 6.07) is 10.4. The van der Waals surface area contributed by atoms with Crippen LogP contribution in [0.4, 0.5) is 0 Å². The van der Waals surface area contributed by atoms with E-state index in [0.717, 1.165) is 5.56 Å². The molecule has 1 heterocycles. The first kappa shape index (κ1) is 19.2. The Morgan fingerprint density at radius 1 is 1.08 bits per heavy atom. The third-order valence-electron chi connectivity index (χ3n) is 4.07. The molecule has 1 amide bonds. The number of hydrogen-bond donors (Lipinski definition) is 2. The number of benzene rings is 1. The fourth-order valence-corrected chi connectivity index (χ4v) is 3.41. The average molecular weight is 363 g/mol. The Balaban J connectivity index is 1.78. The molecule has 2 N–H and O–H groups in total. The SMILES string of the molecule is Cc1ccc(S(=O)(=O)NCCCNC(=O)C(C)(C)n2cccc2)cc1. The van der Waals surface area contributed by atoms with Crippen molar-refractivity contribution in [2.45, 2.75) is 37.6 Å².